The maximum atomic E-state index is 11.7. The predicted molar refractivity (Wildman–Crippen MR) is 70.7 cm³/mol. The molecular weight excluding hydrogens is 266 g/mol. The molecule has 1 aliphatic rings. The smallest absolute Gasteiger partial charge is 0.306 e. The van der Waals surface area contributed by atoms with Crippen molar-refractivity contribution in [2.45, 2.75) is 58.5 Å². The lowest BCUT2D eigenvalue weighted by Gasteiger charge is -2.30. The van der Waals surface area contributed by atoms with Gasteiger partial charge in [-0.25, -0.2) is 0 Å². The molecule has 7 heteroatoms. The van der Waals surface area contributed by atoms with Crippen LogP contribution in [0.5, 0.6) is 0 Å². The van der Waals surface area contributed by atoms with Gasteiger partial charge in [-0.2, -0.15) is 0 Å². The number of carbonyl (C=O) groups excluding carboxylic acids is 1. The molecule has 0 aliphatic carbocycles. The van der Waals surface area contributed by atoms with Crippen molar-refractivity contribution in [2.24, 2.45) is 5.92 Å². The number of nitrogens with zero attached hydrogens (tertiary/aromatic N) is 1. The maximum Gasteiger partial charge on any atom is 0.306 e. The average Bonchev–Trinajstić information content (AvgIpc) is 2.66. The van der Waals surface area contributed by atoms with E-state index in [-0.39, 0.29) is 24.6 Å². The quantitative estimate of drug-likeness (QED) is 0.420. The van der Waals surface area contributed by atoms with Crippen molar-refractivity contribution < 1.29 is 23.9 Å². The molecule has 0 aromatic heterocycles. The number of nitro groups is 1. The van der Waals surface area contributed by atoms with Crippen molar-refractivity contribution in [1.82, 2.24) is 0 Å². The molecule has 1 saturated heterocycles. The van der Waals surface area contributed by atoms with Gasteiger partial charge >= 0.3 is 5.97 Å². The first-order chi connectivity index (χ1) is 9.10. The van der Waals surface area contributed by atoms with Crippen LogP contribution in [0.1, 0.15) is 41.0 Å². The second-order valence-corrected chi connectivity index (χ2v) is 5.89. The Bertz CT molecular complexity index is 379. The number of esters is 1. The summed E-state index contributed by atoms with van der Waals surface area (Å²) < 4.78 is 16.0. The molecule has 20 heavy (non-hydrogen) atoms. The van der Waals surface area contributed by atoms with Crippen LogP contribution in [0.25, 0.3) is 0 Å². The van der Waals surface area contributed by atoms with Gasteiger partial charge in [0.25, 0.3) is 0 Å². The van der Waals surface area contributed by atoms with E-state index in [9.17, 15) is 14.9 Å². The van der Waals surface area contributed by atoms with E-state index in [0.29, 0.717) is 0 Å². The second-order valence-electron chi connectivity index (χ2n) is 5.89. The molecule has 0 radical (unpaired) electrons. The minimum atomic E-state index is -1.30. The molecular formula is C13H23NO6. The highest BCUT2D eigenvalue weighted by molar-refractivity contribution is 5.69. The maximum absolute atomic E-state index is 11.7. The molecule has 1 heterocycles. The van der Waals surface area contributed by atoms with Gasteiger partial charge in [0.2, 0.25) is 5.54 Å². The topological polar surface area (TPSA) is 87.9 Å². The number of ether oxygens (including phenoxy) is 3. The Morgan fingerprint density at radius 1 is 1.55 bits per heavy atom. The molecule has 0 aromatic carbocycles. The highest BCUT2D eigenvalue weighted by Gasteiger charge is 2.51. The zero-order valence-electron chi connectivity index (χ0n) is 12.7. The standard InChI is InChI=1S/C13H23NO6/c1-6-18-11(15)7-9(12(2,3)14(16)17)10-8-19-13(4,5)20-10/h9-10H,6-8H2,1-5H3. The summed E-state index contributed by atoms with van der Waals surface area (Å²) >= 11 is 0. The summed E-state index contributed by atoms with van der Waals surface area (Å²) in [7, 11) is 0. The minimum Gasteiger partial charge on any atom is -0.466 e. The van der Waals surface area contributed by atoms with E-state index >= 15 is 0 Å². The third-order valence-electron chi connectivity index (χ3n) is 3.55. The summed E-state index contributed by atoms with van der Waals surface area (Å²) in [5.74, 6) is -1.86. The van der Waals surface area contributed by atoms with Gasteiger partial charge in [0.05, 0.1) is 31.7 Å². The zero-order valence-corrected chi connectivity index (χ0v) is 12.7. The van der Waals surface area contributed by atoms with Crippen LogP contribution >= 0.6 is 0 Å². The first kappa shape index (κ1) is 16.8. The van der Waals surface area contributed by atoms with Gasteiger partial charge in [0.1, 0.15) is 0 Å². The van der Waals surface area contributed by atoms with Gasteiger partial charge in [0, 0.05) is 18.8 Å². The largest absolute Gasteiger partial charge is 0.466 e. The fourth-order valence-corrected chi connectivity index (χ4v) is 2.28. The van der Waals surface area contributed by atoms with E-state index in [1.807, 2.05) is 0 Å². The van der Waals surface area contributed by atoms with E-state index in [2.05, 4.69) is 0 Å². The summed E-state index contributed by atoms with van der Waals surface area (Å²) in [6, 6.07) is 0. The molecule has 1 rings (SSSR count). The van der Waals surface area contributed by atoms with Gasteiger partial charge in [-0.05, 0) is 20.8 Å². The van der Waals surface area contributed by atoms with E-state index in [1.165, 1.54) is 13.8 Å². The van der Waals surface area contributed by atoms with Crippen molar-refractivity contribution in [3.05, 3.63) is 10.1 Å². The summed E-state index contributed by atoms with van der Waals surface area (Å²) in [6.45, 7) is 8.65. The SMILES string of the molecule is CCOC(=O)CC(C1COC(C)(C)O1)C(C)(C)[N+](=O)[O-]. The van der Waals surface area contributed by atoms with Gasteiger partial charge in [-0.15, -0.1) is 0 Å². The van der Waals surface area contributed by atoms with E-state index in [0.717, 1.165) is 0 Å². The normalized spacial score (nSPS) is 23.4. The van der Waals surface area contributed by atoms with E-state index in [1.54, 1.807) is 20.8 Å². The third kappa shape index (κ3) is 3.89. The fourth-order valence-electron chi connectivity index (χ4n) is 2.28. The van der Waals surface area contributed by atoms with Crippen molar-refractivity contribution in [2.75, 3.05) is 13.2 Å². The number of rotatable bonds is 6. The molecule has 0 spiro atoms. The fraction of sp³-hybridized carbons (Fsp3) is 0.923. The Morgan fingerprint density at radius 2 is 2.15 bits per heavy atom. The lowest BCUT2D eigenvalue weighted by molar-refractivity contribution is -0.574. The Balaban J connectivity index is 2.91. The highest BCUT2D eigenvalue weighted by Crippen LogP contribution is 2.35. The molecule has 116 valence electrons. The van der Waals surface area contributed by atoms with Gasteiger partial charge in [-0.3, -0.25) is 14.9 Å². The molecule has 7 nitrogen and oxygen atoms in total. The third-order valence-corrected chi connectivity index (χ3v) is 3.55. The molecule has 1 fully saturated rings. The van der Waals surface area contributed by atoms with Crippen LogP contribution in [-0.4, -0.2) is 41.5 Å². The average molecular weight is 289 g/mol. The Hall–Kier alpha value is -1.21. The van der Waals surface area contributed by atoms with Gasteiger partial charge < -0.3 is 14.2 Å². The Labute approximate surface area is 118 Å². The molecule has 0 N–H and O–H groups in total. The molecule has 0 aromatic rings. The number of hydrogen-bond acceptors (Lipinski definition) is 6. The lowest BCUT2D eigenvalue weighted by atomic mass is 9.81. The van der Waals surface area contributed by atoms with Crippen molar-refractivity contribution in [3.8, 4) is 0 Å². The van der Waals surface area contributed by atoms with Crippen LogP contribution in [0.15, 0.2) is 0 Å². The minimum absolute atomic E-state index is 0.0636. The van der Waals surface area contributed by atoms with Crippen LogP contribution in [0.4, 0.5) is 0 Å². The molecule has 0 saturated carbocycles. The Kier molecular flexibility index (Phi) is 5.10. The molecule has 2 atom stereocenters. The van der Waals surface area contributed by atoms with Crippen LogP contribution < -0.4 is 0 Å². The van der Waals surface area contributed by atoms with Crippen molar-refractivity contribution in [1.29, 1.82) is 0 Å². The second kappa shape index (κ2) is 6.05. The summed E-state index contributed by atoms with van der Waals surface area (Å²) in [5, 5.41) is 11.3. The molecule has 0 bridgehead atoms. The van der Waals surface area contributed by atoms with Crippen LogP contribution in [-0.2, 0) is 19.0 Å². The monoisotopic (exact) mass is 289 g/mol. The Morgan fingerprint density at radius 3 is 2.55 bits per heavy atom. The van der Waals surface area contributed by atoms with Gasteiger partial charge in [-0.1, -0.05) is 0 Å². The summed E-state index contributed by atoms with van der Waals surface area (Å²) in [6.07, 6.45) is -0.568. The van der Waals surface area contributed by atoms with Crippen molar-refractivity contribution >= 4 is 5.97 Å². The summed E-state index contributed by atoms with van der Waals surface area (Å²) in [4.78, 5) is 22.6. The molecule has 2 unspecified atom stereocenters. The van der Waals surface area contributed by atoms with E-state index < -0.39 is 29.3 Å². The number of hydrogen-bond donors (Lipinski definition) is 0. The predicted octanol–water partition coefficient (Wildman–Crippen LogP) is 1.76. The highest BCUT2D eigenvalue weighted by atomic mass is 16.7. The lowest BCUT2D eigenvalue weighted by Crippen LogP contribution is -2.48. The first-order valence-electron chi connectivity index (χ1n) is 6.72. The summed E-state index contributed by atoms with van der Waals surface area (Å²) in [5.41, 5.74) is -1.30. The van der Waals surface area contributed by atoms with Crippen LogP contribution in [0, 0.1) is 16.0 Å². The number of carbonyl (C=O) groups is 1. The first-order valence-corrected chi connectivity index (χ1v) is 6.72. The molecule has 0 amide bonds. The van der Waals surface area contributed by atoms with Gasteiger partial charge in [0.15, 0.2) is 5.79 Å². The molecule has 1 aliphatic heterocycles. The zero-order chi connectivity index (χ0) is 15.6. The van der Waals surface area contributed by atoms with E-state index in [4.69, 9.17) is 14.2 Å². The van der Waals surface area contributed by atoms with Crippen molar-refractivity contribution in [3.63, 3.8) is 0 Å². The van der Waals surface area contributed by atoms with Crippen LogP contribution in [0.2, 0.25) is 0 Å². The van der Waals surface area contributed by atoms with Crippen LogP contribution in [0.3, 0.4) is 0 Å².